The zero-order valence-corrected chi connectivity index (χ0v) is 11.7. The Labute approximate surface area is 112 Å². The monoisotopic (exact) mass is 265 g/mol. The number of fused-ring (bicyclic) bond motifs is 1. The Kier molecular flexibility index (Phi) is 4.17. The summed E-state index contributed by atoms with van der Waals surface area (Å²) in [6, 6.07) is 1.68. The van der Waals surface area contributed by atoms with Gasteiger partial charge in [0.15, 0.2) is 5.78 Å². The summed E-state index contributed by atoms with van der Waals surface area (Å²) in [5, 5.41) is 4.90. The lowest BCUT2D eigenvalue weighted by Crippen LogP contribution is -2.41. The lowest BCUT2D eigenvalue weighted by molar-refractivity contribution is -0.128. The number of Topliss-reactive ketones (excluding diaryl/α,β-unsaturated/α-hetero) is 1. The molecule has 1 aromatic rings. The number of carbonyl (C=O) groups is 2. The first kappa shape index (κ1) is 13.3. The van der Waals surface area contributed by atoms with Crippen LogP contribution in [0.2, 0.25) is 0 Å². The highest BCUT2D eigenvalue weighted by atomic mass is 32.1. The first-order valence-corrected chi connectivity index (χ1v) is 7.40. The second-order valence-electron chi connectivity index (χ2n) is 4.79. The highest BCUT2D eigenvalue weighted by molar-refractivity contribution is 7.10. The number of nitrogens with one attached hydrogen (secondary N) is 1. The molecule has 1 amide bonds. The largest absolute Gasteiger partial charge is 0.346 e. The fraction of sp³-hybridized carbons (Fsp3) is 0.571. The van der Waals surface area contributed by atoms with Crippen LogP contribution in [0, 0.1) is 0 Å². The van der Waals surface area contributed by atoms with Gasteiger partial charge in [0.25, 0.3) is 0 Å². The van der Waals surface area contributed by atoms with E-state index in [1.807, 2.05) is 6.92 Å². The summed E-state index contributed by atoms with van der Waals surface area (Å²) >= 11 is 1.73. The van der Waals surface area contributed by atoms with Gasteiger partial charge in [-0.25, -0.2) is 0 Å². The first-order valence-electron chi connectivity index (χ1n) is 6.52. The summed E-state index contributed by atoms with van der Waals surface area (Å²) < 4.78 is 0. The number of hydrogen-bond donors (Lipinski definition) is 1. The van der Waals surface area contributed by atoms with Gasteiger partial charge in [-0.15, -0.1) is 11.3 Å². The van der Waals surface area contributed by atoms with Crippen molar-refractivity contribution in [2.24, 2.45) is 0 Å². The minimum atomic E-state index is -0.369. The van der Waals surface area contributed by atoms with Gasteiger partial charge in [0.05, 0.1) is 12.0 Å². The third-order valence-electron chi connectivity index (χ3n) is 3.56. The van der Waals surface area contributed by atoms with Crippen molar-refractivity contribution >= 4 is 23.0 Å². The second kappa shape index (κ2) is 5.65. The number of rotatable bonds is 4. The molecular formula is C14H19NO2S. The lowest BCUT2D eigenvalue weighted by Gasteiger charge is -2.23. The highest BCUT2D eigenvalue weighted by Gasteiger charge is 2.28. The van der Waals surface area contributed by atoms with Gasteiger partial charge >= 0.3 is 0 Å². The quantitative estimate of drug-likeness (QED) is 0.909. The molecule has 0 saturated heterocycles. The van der Waals surface area contributed by atoms with Crippen molar-refractivity contribution in [3.05, 3.63) is 21.9 Å². The van der Waals surface area contributed by atoms with Crippen LogP contribution in [0.5, 0.6) is 0 Å². The second-order valence-corrected chi connectivity index (χ2v) is 5.79. The number of thiophene rings is 1. The van der Waals surface area contributed by atoms with Gasteiger partial charge in [0.1, 0.15) is 0 Å². The molecule has 1 heterocycles. The third-order valence-corrected chi connectivity index (χ3v) is 4.56. The minimum Gasteiger partial charge on any atom is -0.346 e. The molecule has 0 fully saturated rings. The summed E-state index contributed by atoms with van der Waals surface area (Å²) in [4.78, 5) is 25.1. The normalized spacial score (nSPS) is 20.0. The van der Waals surface area contributed by atoms with E-state index in [1.165, 1.54) is 10.4 Å². The van der Waals surface area contributed by atoms with E-state index in [9.17, 15) is 9.59 Å². The van der Waals surface area contributed by atoms with E-state index in [2.05, 4.69) is 16.8 Å². The molecule has 0 spiro atoms. The molecule has 2 unspecified atom stereocenters. The van der Waals surface area contributed by atoms with Crippen molar-refractivity contribution in [3.63, 3.8) is 0 Å². The lowest BCUT2D eigenvalue weighted by atomic mass is 9.87. The Morgan fingerprint density at radius 3 is 3.06 bits per heavy atom. The standard InChI is InChI=1S/C14H19NO2S/c1-3-12(16)9(2)15-14(17)11-5-4-6-13-10(11)7-8-18-13/h7-9,11H,3-6H2,1-2H3,(H,15,17). The SMILES string of the molecule is CCC(=O)C(C)NC(=O)C1CCCc2sccc21. The van der Waals surface area contributed by atoms with E-state index in [-0.39, 0.29) is 23.7 Å². The average Bonchev–Trinajstić information content (AvgIpc) is 2.85. The Morgan fingerprint density at radius 1 is 1.56 bits per heavy atom. The molecule has 1 aromatic heterocycles. The average molecular weight is 265 g/mol. The van der Waals surface area contributed by atoms with Crippen LogP contribution in [-0.4, -0.2) is 17.7 Å². The fourth-order valence-corrected chi connectivity index (χ4v) is 3.45. The van der Waals surface area contributed by atoms with Crippen molar-refractivity contribution in [3.8, 4) is 0 Å². The van der Waals surface area contributed by atoms with Crippen molar-refractivity contribution in [2.75, 3.05) is 0 Å². The molecule has 2 atom stereocenters. The van der Waals surface area contributed by atoms with Crippen molar-refractivity contribution in [1.82, 2.24) is 5.32 Å². The molecule has 0 radical (unpaired) electrons. The predicted molar refractivity (Wildman–Crippen MR) is 72.9 cm³/mol. The molecule has 0 aliphatic heterocycles. The van der Waals surface area contributed by atoms with E-state index >= 15 is 0 Å². The maximum absolute atomic E-state index is 12.2. The Bertz CT molecular complexity index is 452. The van der Waals surface area contributed by atoms with Crippen molar-refractivity contribution in [2.45, 2.75) is 51.5 Å². The highest BCUT2D eigenvalue weighted by Crippen LogP contribution is 2.35. The number of carbonyl (C=O) groups excluding carboxylic acids is 2. The molecular weight excluding hydrogens is 246 g/mol. The zero-order valence-electron chi connectivity index (χ0n) is 10.9. The molecule has 4 heteroatoms. The molecule has 2 rings (SSSR count). The Balaban J connectivity index is 2.05. The van der Waals surface area contributed by atoms with E-state index in [0.29, 0.717) is 6.42 Å². The van der Waals surface area contributed by atoms with E-state index in [4.69, 9.17) is 0 Å². The molecule has 1 aliphatic rings. The predicted octanol–water partition coefficient (Wildman–Crippen LogP) is 2.65. The van der Waals surface area contributed by atoms with Crippen molar-refractivity contribution in [1.29, 1.82) is 0 Å². The van der Waals surface area contributed by atoms with Crippen LogP contribution in [0.15, 0.2) is 11.4 Å². The van der Waals surface area contributed by atoms with Crippen LogP contribution in [0.3, 0.4) is 0 Å². The molecule has 18 heavy (non-hydrogen) atoms. The Morgan fingerprint density at radius 2 is 2.33 bits per heavy atom. The van der Waals surface area contributed by atoms with Crippen LogP contribution >= 0.6 is 11.3 Å². The molecule has 3 nitrogen and oxygen atoms in total. The summed E-state index contributed by atoms with van der Waals surface area (Å²) in [6.45, 7) is 3.59. The molecule has 0 saturated carbocycles. The van der Waals surface area contributed by atoms with Gasteiger partial charge in [-0.1, -0.05) is 6.92 Å². The van der Waals surface area contributed by atoms with Crippen LogP contribution < -0.4 is 5.32 Å². The van der Waals surface area contributed by atoms with Crippen LogP contribution in [0.1, 0.15) is 49.5 Å². The van der Waals surface area contributed by atoms with E-state index < -0.39 is 0 Å². The molecule has 0 bridgehead atoms. The van der Waals surface area contributed by atoms with Gasteiger partial charge < -0.3 is 5.32 Å². The van der Waals surface area contributed by atoms with Gasteiger partial charge in [0, 0.05) is 11.3 Å². The van der Waals surface area contributed by atoms with Gasteiger partial charge in [-0.2, -0.15) is 0 Å². The number of ketones is 1. The van der Waals surface area contributed by atoms with Gasteiger partial charge in [-0.05, 0) is 43.2 Å². The van der Waals surface area contributed by atoms with Crippen LogP contribution in [0.4, 0.5) is 0 Å². The van der Waals surface area contributed by atoms with Gasteiger partial charge in [-0.3, -0.25) is 9.59 Å². The summed E-state index contributed by atoms with van der Waals surface area (Å²) in [5.41, 5.74) is 1.17. The minimum absolute atomic E-state index is 0.00338. The van der Waals surface area contributed by atoms with Gasteiger partial charge in [0.2, 0.25) is 5.91 Å². The fourth-order valence-electron chi connectivity index (χ4n) is 2.46. The maximum atomic E-state index is 12.2. The zero-order chi connectivity index (χ0) is 13.1. The number of amides is 1. The smallest absolute Gasteiger partial charge is 0.228 e. The number of aryl methyl sites for hydroxylation is 1. The van der Waals surface area contributed by atoms with Crippen LogP contribution in [0.25, 0.3) is 0 Å². The van der Waals surface area contributed by atoms with Crippen molar-refractivity contribution < 1.29 is 9.59 Å². The topological polar surface area (TPSA) is 46.2 Å². The first-order chi connectivity index (χ1) is 8.63. The molecule has 98 valence electrons. The summed E-state index contributed by atoms with van der Waals surface area (Å²) in [6.07, 6.45) is 3.50. The van der Waals surface area contributed by atoms with E-state index in [0.717, 1.165) is 19.3 Å². The third kappa shape index (κ3) is 2.64. The maximum Gasteiger partial charge on any atom is 0.228 e. The number of hydrogen-bond acceptors (Lipinski definition) is 3. The molecule has 0 aromatic carbocycles. The Hall–Kier alpha value is -1.16. The molecule has 1 aliphatic carbocycles. The molecule has 1 N–H and O–H groups in total. The summed E-state index contributed by atoms with van der Waals surface area (Å²) in [5.74, 6) is 0.0282. The summed E-state index contributed by atoms with van der Waals surface area (Å²) in [7, 11) is 0. The van der Waals surface area contributed by atoms with Crippen LogP contribution in [-0.2, 0) is 16.0 Å². The van der Waals surface area contributed by atoms with E-state index in [1.54, 1.807) is 18.3 Å².